The maximum atomic E-state index is 13.5. The summed E-state index contributed by atoms with van der Waals surface area (Å²) >= 11 is 0. The van der Waals surface area contributed by atoms with Crippen LogP contribution in [0.1, 0.15) is 48.0 Å². The van der Waals surface area contributed by atoms with E-state index in [-0.39, 0.29) is 18.1 Å². The Balaban J connectivity index is 1.56. The highest BCUT2D eigenvalue weighted by Crippen LogP contribution is 2.29. The average Bonchev–Trinajstić information content (AvgIpc) is 3.20. The van der Waals surface area contributed by atoms with Crippen LogP contribution in [0.2, 0.25) is 0 Å². The molecule has 2 aromatic rings. The van der Waals surface area contributed by atoms with Gasteiger partial charge in [-0.3, -0.25) is 14.4 Å². The molecule has 1 saturated heterocycles. The third-order valence-corrected chi connectivity index (χ3v) is 6.45. The van der Waals surface area contributed by atoms with E-state index in [9.17, 15) is 4.79 Å². The second-order valence-corrected chi connectivity index (χ2v) is 8.62. The van der Waals surface area contributed by atoms with Crippen molar-refractivity contribution in [2.24, 2.45) is 7.05 Å². The first kappa shape index (κ1) is 21.8. The van der Waals surface area contributed by atoms with Gasteiger partial charge < -0.3 is 14.4 Å². The van der Waals surface area contributed by atoms with Crippen LogP contribution in [-0.4, -0.2) is 71.0 Å². The van der Waals surface area contributed by atoms with Crippen LogP contribution in [-0.2, 0) is 18.3 Å². The van der Waals surface area contributed by atoms with Crippen molar-refractivity contribution in [3.63, 3.8) is 0 Å². The lowest BCUT2D eigenvalue weighted by atomic mass is 9.93. The molecular weight excluding hydrogens is 392 g/mol. The number of nitrogens with zero attached hydrogens (tertiary/aromatic N) is 4. The molecule has 2 aliphatic rings. The Morgan fingerprint density at radius 3 is 2.81 bits per heavy atom. The number of aromatic nitrogens is 2. The van der Waals surface area contributed by atoms with E-state index in [2.05, 4.69) is 16.2 Å². The molecule has 0 spiro atoms. The zero-order chi connectivity index (χ0) is 21.6. The molecule has 2 aliphatic heterocycles. The fourth-order valence-electron chi connectivity index (χ4n) is 4.87. The lowest BCUT2D eigenvalue weighted by molar-refractivity contribution is -0.0155. The highest BCUT2D eigenvalue weighted by molar-refractivity contribution is 5.97. The molecule has 0 saturated carbocycles. The molecule has 0 aliphatic carbocycles. The Hall–Kier alpha value is -2.38. The number of aryl methyl sites for hydroxylation is 1. The predicted molar refractivity (Wildman–Crippen MR) is 119 cm³/mol. The molecule has 0 bridgehead atoms. The number of ether oxygens (including phenoxy) is 2. The van der Waals surface area contributed by atoms with Gasteiger partial charge in [-0.15, -0.1) is 0 Å². The largest absolute Gasteiger partial charge is 0.491 e. The first-order valence-electron chi connectivity index (χ1n) is 11.4. The van der Waals surface area contributed by atoms with Gasteiger partial charge in [0.15, 0.2) is 0 Å². The Labute approximate surface area is 184 Å². The third-order valence-electron chi connectivity index (χ3n) is 6.45. The number of hydrogen-bond acceptors (Lipinski definition) is 5. The van der Waals surface area contributed by atoms with Crippen LogP contribution in [0.4, 0.5) is 0 Å². The van der Waals surface area contributed by atoms with Gasteiger partial charge in [-0.1, -0.05) is 18.6 Å². The average molecular weight is 427 g/mol. The minimum atomic E-state index is 0.0637. The van der Waals surface area contributed by atoms with Crippen molar-refractivity contribution in [1.29, 1.82) is 0 Å². The monoisotopic (exact) mass is 426 g/mol. The molecule has 7 heteroatoms. The number of benzene rings is 1. The van der Waals surface area contributed by atoms with Crippen molar-refractivity contribution < 1.29 is 14.3 Å². The number of methoxy groups -OCH3 is 1. The van der Waals surface area contributed by atoms with E-state index in [1.165, 1.54) is 5.56 Å². The number of fused-ring (bicyclic) bond motifs is 2. The Bertz CT molecular complexity index is 868. The van der Waals surface area contributed by atoms with Crippen LogP contribution in [0, 0.1) is 0 Å². The number of amides is 1. The Morgan fingerprint density at radius 1 is 1.13 bits per heavy atom. The molecule has 1 fully saturated rings. The molecule has 31 heavy (non-hydrogen) atoms. The summed E-state index contributed by atoms with van der Waals surface area (Å²) in [5, 5.41) is 4.30. The quantitative estimate of drug-likeness (QED) is 0.755. The molecule has 1 aromatic carbocycles. The molecule has 4 rings (SSSR count). The van der Waals surface area contributed by atoms with Gasteiger partial charge in [-0.25, -0.2) is 0 Å². The van der Waals surface area contributed by atoms with Gasteiger partial charge in [-0.2, -0.15) is 5.10 Å². The van der Waals surface area contributed by atoms with Gasteiger partial charge in [0.1, 0.15) is 12.4 Å². The van der Waals surface area contributed by atoms with Gasteiger partial charge in [-0.05, 0) is 44.4 Å². The second kappa shape index (κ2) is 10.3. The smallest absolute Gasteiger partial charge is 0.257 e. The maximum Gasteiger partial charge on any atom is 0.257 e. The van der Waals surface area contributed by atoms with Crippen LogP contribution in [0.3, 0.4) is 0 Å². The molecule has 0 unspecified atom stereocenters. The van der Waals surface area contributed by atoms with Crippen LogP contribution in [0.5, 0.6) is 5.75 Å². The lowest BCUT2D eigenvalue weighted by Gasteiger charge is -2.41. The minimum absolute atomic E-state index is 0.0637. The van der Waals surface area contributed by atoms with Gasteiger partial charge in [0.25, 0.3) is 5.91 Å². The molecule has 1 amide bonds. The molecule has 168 valence electrons. The second-order valence-electron chi connectivity index (χ2n) is 8.62. The maximum absolute atomic E-state index is 13.5. The number of piperidine rings is 1. The first-order valence-corrected chi connectivity index (χ1v) is 11.4. The standard InChI is InChI=1S/C24H34N4O3/c1-26-17-19(16-25-26)18-27-12-6-5-9-21-23(30-2)11-7-13-28(21)24(29)20-8-3-4-10-22(20)31-15-14-27/h3-4,8,10,16-17,21,23H,5-7,9,11-15,18H2,1-2H3/t21-,23-/m0/s1. The number of hydrogen-bond donors (Lipinski definition) is 0. The summed E-state index contributed by atoms with van der Waals surface area (Å²) < 4.78 is 13.8. The summed E-state index contributed by atoms with van der Waals surface area (Å²) in [5.41, 5.74) is 1.86. The fourth-order valence-corrected chi connectivity index (χ4v) is 4.87. The normalized spacial score (nSPS) is 23.7. The van der Waals surface area contributed by atoms with Crippen molar-refractivity contribution in [3.05, 3.63) is 47.8 Å². The van der Waals surface area contributed by atoms with Crippen molar-refractivity contribution >= 4 is 5.91 Å². The summed E-state index contributed by atoms with van der Waals surface area (Å²) in [4.78, 5) is 18.0. The van der Waals surface area contributed by atoms with Gasteiger partial charge in [0.2, 0.25) is 0 Å². The summed E-state index contributed by atoms with van der Waals surface area (Å²) in [6.45, 7) is 4.00. The minimum Gasteiger partial charge on any atom is -0.491 e. The summed E-state index contributed by atoms with van der Waals surface area (Å²) in [6.07, 6.45) is 9.20. The lowest BCUT2D eigenvalue weighted by Crippen LogP contribution is -2.51. The van der Waals surface area contributed by atoms with E-state index < -0.39 is 0 Å². The van der Waals surface area contributed by atoms with E-state index in [0.717, 1.165) is 58.3 Å². The van der Waals surface area contributed by atoms with E-state index in [1.807, 2.05) is 47.1 Å². The van der Waals surface area contributed by atoms with Crippen LogP contribution < -0.4 is 4.74 Å². The highest BCUT2D eigenvalue weighted by Gasteiger charge is 2.35. The zero-order valence-corrected chi connectivity index (χ0v) is 18.7. The van der Waals surface area contributed by atoms with Gasteiger partial charge in [0, 0.05) is 45.6 Å². The van der Waals surface area contributed by atoms with Gasteiger partial charge in [0.05, 0.1) is 23.9 Å². The Kier molecular flexibility index (Phi) is 7.25. The van der Waals surface area contributed by atoms with E-state index in [0.29, 0.717) is 17.9 Å². The van der Waals surface area contributed by atoms with Crippen molar-refractivity contribution in [3.8, 4) is 5.75 Å². The number of para-hydroxylation sites is 1. The molecule has 2 atom stereocenters. The van der Waals surface area contributed by atoms with Crippen molar-refractivity contribution in [2.75, 3.05) is 33.4 Å². The first-order chi connectivity index (χ1) is 15.2. The highest BCUT2D eigenvalue weighted by atomic mass is 16.5. The van der Waals surface area contributed by atoms with Gasteiger partial charge >= 0.3 is 0 Å². The molecular formula is C24H34N4O3. The SMILES string of the molecule is CO[C@H]1CCCN2C(=O)c3ccccc3OCCN(Cc3cnn(C)c3)CCCC[C@@H]12. The molecule has 7 nitrogen and oxygen atoms in total. The molecule has 0 N–H and O–H groups in total. The Morgan fingerprint density at radius 2 is 2.00 bits per heavy atom. The number of rotatable bonds is 3. The topological polar surface area (TPSA) is 59.8 Å². The summed E-state index contributed by atoms with van der Waals surface area (Å²) in [7, 11) is 3.72. The number of carbonyl (C=O) groups is 1. The van der Waals surface area contributed by atoms with Crippen molar-refractivity contribution in [2.45, 2.75) is 50.8 Å². The molecule has 1 aromatic heterocycles. The fraction of sp³-hybridized carbons (Fsp3) is 0.583. The summed E-state index contributed by atoms with van der Waals surface area (Å²) in [5.74, 6) is 0.736. The van der Waals surface area contributed by atoms with E-state index in [1.54, 1.807) is 7.11 Å². The van der Waals surface area contributed by atoms with Crippen LogP contribution >= 0.6 is 0 Å². The zero-order valence-electron chi connectivity index (χ0n) is 18.7. The predicted octanol–water partition coefficient (Wildman–Crippen LogP) is 3.10. The molecule has 3 heterocycles. The van der Waals surface area contributed by atoms with E-state index >= 15 is 0 Å². The van der Waals surface area contributed by atoms with Crippen molar-refractivity contribution in [1.82, 2.24) is 19.6 Å². The molecule has 0 radical (unpaired) electrons. The van der Waals surface area contributed by atoms with Crippen LogP contribution in [0.15, 0.2) is 36.7 Å². The number of carbonyl (C=O) groups excluding carboxylic acids is 1. The third kappa shape index (κ3) is 5.28. The van der Waals surface area contributed by atoms with E-state index in [4.69, 9.17) is 9.47 Å². The van der Waals surface area contributed by atoms with Crippen LogP contribution in [0.25, 0.3) is 0 Å². The summed E-state index contributed by atoms with van der Waals surface area (Å²) in [6, 6.07) is 7.76.